The van der Waals surface area contributed by atoms with Crippen LogP contribution in [0.4, 0.5) is 0 Å². The fraction of sp³-hybridized carbons (Fsp3) is 0.545. The summed E-state index contributed by atoms with van der Waals surface area (Å²) in [5.74, 6) is 0.674. The highest BCUT2D eigenvalue weighted by molar-refractivity contribution is 7.89. The van der Waals surface area contributed by atoms with Crippen LogP contribution in [0, 0.1) is 6.92 Å². The van der Waals surface area contributed by atoms with Gasteiger partial charge in [-0.15, -0.1) is 0 Å². The second-order valence-electron chi connectivity index (χ2n) is 4.89. The van der Waals surface area contributed by atoms with Crippen molar-refractivity contribution >= 4 is 10.0 Å². The van der Waals surface area contributed by atoms with E-state index in [0.717, 1.165) is 0 Å². The number of imidazole rings is 1. The van der Waals surface area contributed by atoms with Gasteiger partial charge < -0.3 is 4.57 Å². The number of aromatic nitrogens is 5. The quantitative estimate of drug-likeness (QED) is 0.793. The van der Waals surface area contributed by atoms with Crippen LogP contribution in [0.1, 0.15) is 18.3 Å². The van der Waals surface area contributed by atoms with Gasteiger partial charge >= 0.3 is 0 Å². The largest absolute Gasteiger partial charge is 0.337 e. The average molecular weight is 296 g/mol. The van der Waals surface area contributed by atoms with Gasteiger partial charge in [-0.05, 0) is 13.3 Å². The van der Waals surface area contributed by atoms with Gasteiger partial charge in [-0.2, -0.15) is 19.3 Å². The van der Waals surface area contributed by atoms with Gasteiger partial charge in [-0.3, -0.25) is 0 Å². The normalized spacial score (nSPS) is 20.6. The lowest BCUT2D eigenvalue weighted by Gasteiger charge is -2.14. The first-order chi connectivity index (χ1) is 9.48. The molecule has 3 heterocycles. The second kappa shape index (κ2) is 4.67. The van der Waals surface area contributed by atoms with Crippen molar-refractivity contribution in [2.24, 2.45) is 7.05 Å². The molecule has 0 aliphatic carbocycles. The van der Waals surface area contributed by atoms with E-state index in [1.165, 1.54) is 4.31 Å². The lowest BCUT2D eigenvalue weighted by atomic mass is 10.3. The zero-order chi connectivity index (χ0) is 14.3. The molecule has 1 saturated heterocycles. The van der Waals surface area contributed by atoms with Crippen LogP contribution < -0.4 is 0 Å². The summed E-state index contributed by atoms with van der Waals surface area (Å²) in [6.45, 7) is 2.62. The maximum absolute atomic E-state index is 12.5. The molecule has 108 valence electrons. The summed E-state index contributed by atoms with van der Waals surface area (Å²) in [7, 11) is -1.75. The average Bonchev–Trinajstić information content (AvgIpc) is 3.10. The van der Waals surface area contributed by atoms with Crippen molar-refractivity contribution in [2.45, 2.75) is 24.4 Å². The molecule has 0 aromatic carbocycles. The molecule has 20 heavy (non-hydrogen) atoms. The van der Waals surface area contributed by atoms with E-state index in [1.54, 1.807) is 41.9 Å². The van der Waals surface area contributed by atoms with E-state index in [9.17, 15) is 8.42 Å². The van der Waals surface area contributed by atoms with Crippen molar-refractivity contribution in [2.75, 3.05) is 13.1 Å². The van der Waals surface area contributed by atoms with Crippen LogP contribution in [0.15, 0.2) is 23.6 Å². The van der Waals surface area contributed by atoms with Gasteiger partial charge in [0.15, 0.2) is 5.03 Å². The minimum atomic E-state index is -3.53. The van der Waals surface area contributed by atoms with Gasteiger partial charge in [0.2, 0.25) is 0 Å². The van der Waals surface area contributed by atoms with Crippen LogP contribution >= 0.6 is 0 Å². The summed E-state index contributed by atoms with van der Waals surface area (Å²) in [4.78, 5) is 5.68. The molecule has 0 saturated carbocycles. The predicted octanol–water partition coefficient (Wildman–Crippen LogP) is -0.0443. The molecule has 9 heteroatoms. The summed E-state index contributed by atoms with van der Waals surface area (Å²) >= 11 is 0. The zero-order valence-electron chi connectivity index (χ0n) is 11.3. The summed E-state index contributed by atoms with van der Waals surface area (Å²) in [6, 6.07) is -0.00964. The fourth-order valence-electron chi connectivity index (χ4n) is 2.31. The van der Waals surface area contributed by atoms with Crippen LogP contribution in [-0.4, -0.2) is 50.4 Å². The number of aryl methyl sites for hydroxylation is 2. The maximum Gasteiger partial charge on any atom is 0.262 e. The first kappa shape index (κ1) is 13.3. The third-order valence-electron chi connectivity index (χ3n) is 3.58. The molecule has 1 aliphatic heterocycles. The Hall–Kier alpha value is -1.74. The molecular formula is C11H16N6O2S. The van der Waals surface area contributed by atoms with Crippen LogP contribution in [0.25, 0.3) is 0 Å². The maximum atomic E-state index is 12.5. The van der Waals surface area contributed by atoms with E-state index < -0.39 is 10.0 Å². The highest BCUT2D eigenvalue weighted by atomic mass is 32.2. The number of sulfonamides is 1. The SMILES string of the molecule is Cc1nc(S(=O)(=O)N2CCC(n3nccn3)C2)cn1C. The van der Waals surface area contributed by atoms with Crippen molar-refractivity contribution in [3.63, 3.8) is 0 Å². The first-order valence-electron chi connectivity index (χ1n) is 6.34. The number of rotatable bonds is 3. The molecule has 2 aromatic heterocycles. The Labute approximate surface area is 117 Å². The molecule has 8 nitrogen and oxygen atoms in total. The summed E-state index contributed by atoms with van der Waals surface area (Å²) in [5.41, 5.74) is 0. The molecule has 1 aliphatic rings. The molecule has 0 bridgehead atoms. The van der Waals surface area contributed by atoms with Crippen LogP contribution in [0.2, 0.25) is 0 Å². The monoisotopic (exact) mass is 296 g/mol. The predicted molar refractivity (Wildman–Crippen MR) is 70.4 cm³/mol. The third kappa shape index (κ3) is 2.12. The molecule has 1 fully saturated rings. The number of hydrogen-bond acceptors (Lipinski definition) is 5. The Morgan fingerprint density at radius 3 is 2.60 bits per heavy atom. The lowest BCUT2D eigenvalue weighted by molar-refractivity contribution is 0.402. The minimum absolute atomic E-state index is 0.00964. The van der Waals surface area contributed by atoms with E-state index in [-0.39, 0.29) is 11.1 Å². The Kier molecular flexibility index (Phi) is 3.09. The summed E-state index contributed by atoms with van der Waals surface area (Å²) < 4.78 is 28.2. The number of nitrogens with zero attached hydrogens (tertiary/aromatic N) is 6. The summed E-state index contributed by atoms with van der Waals surface area (Å²) in [5, 5.41) is 8.24. The summed E-state index contributed by atoms with van der Waals surface area (Å²) in [6.07, 6.45) is 5.45. The third-order valence-corrected chi connectivity index (χ3v) is 5.32. The van der Waals surface area contributed by atoms with Gasteiger partial charge in [0.1, 0.15) is 5.82 Å². The van der Waals surface area contributed by atoms with Crippen molar-refractivity contribution < 1.29 is 8.42 Å². The van der Waals surface area contributed by atoms with Crippen LogP contribution in [0.5, 0.6) is 0 Å². The van der Waals surface area contributed by atoms with Gasteiger partial charge in [-0.25, -0.2) is 13.4 Å². The van der Waals surface area contributed by atoms with E-state index in [2.05, 4.69) is 15.2 Å². The topological polar surface area (TPSA) is 85.9 Å². The lowest BCUT2D eigenvalue weighted by Crippen LogP contribution is -2.29. The van der Waals surface area contributed by atoms with Crippen molar-refractivity contribution in [3.05, 3.63) is 24.4 Å². The van der Waals surface area contributed by atoms with Crippen molar-refractivity contribution in [1.29, 1.82) is 0 Å². The first-order valence-corrected chi connectivity index (χ1v) is 7.78. The Bertz CT molecular complexity index is 686. The van der Waals surface area contributed by atoms with Gasteiger partial charge in [0.05, 0.1) is 18.4 Å². The van der Waals surface area contributed by atoms with Crippen LogP contribution in [-0.2, 0) is 17.1 Å². The van der Waals surface area contributed by atoms with Gasteiger partial charge in [-0.1, -0.05) is 0 Å². The molecule has 0 spiro atoms. The second-order valence-corrected chi connectivity index (χ2v) is 6.78. The molecular weight excluding hydrogens is 280 g/mol. The molecule has 0 N–H and O–H groups in total. The smallest absolute Gasteiger partial charge is 0.262 e. The van der Waals surface area contributed by atoms with Crippen molar-refractivity contribution in [3.8, 4) is 0 Å². The molecule has 0 amide bonds. The molecule has 1 atom stereocenters. The van der Waals surface area contributed by atoms with Crippen LogP contribution in [0.3, 0.4) is 0 Å². The number of hydrogen-bond donors (Lipinski definition) is 0. The van der Waals surface area contributed by atoms with Gasteiger partial charge in [0, 0.05) is 26.3 Å². The minimum Gasteiger partial charge on any atom is -0.337 e. The Balaban J connectivity index is 1.83. The highest BCUT2D eigenvalue weighted by Crippen LogP contribution is 2.25. The van der Waals surface area contributed by atoms with E-state index in [4.69, 9.17) is 0 Å². The van der Waals surface area contributed by atoms with E-state index in [1.807, 2.05) is 0 Å². The van der Waals surface area contributed by atoms with E-state index >= 15 is 0 Å². The molecule has 1 unspecified atom stereocenters. The highest BCUT2D eigenvalue weighted by Gasteiger charge is 2.35. The fourth-order valence-corrected chi connectivity index (χ4v) is 3.83. The van der Waals surface area contributed by atoms with Gasteiger partial charge in [0.25, 0.3) is 10.0 Å². The molecule has 0 radical (unpaired) electrons. The standard InChI is InChI=1S/C11H16N6O2S/c1-9-14-11(8-15(9)2)20(18,19)16-6-3-10(7-16)17-12-4-5-13-17/h4-5,8,10H,3,6-7H2,1-2H3. The molecule has 2 aromatic rings. The Morgan fingerprint density at radius 1 is 1.30 bits per heavy atom. The zero-order valence-corrected chi connectivity index (χ0v) is 12.2. The van der Waals surface area contributed by atoms with Crippen molar-refractivity contribution in [1.82, 2.24) is 28.9 Å². The molecule has 3 rings (SSSR count). The van der Waals surface area contributed by atoms with E-state index in [0.29, 0.717) is 25.3 Å². The Morgan fingerprint density at radius 2 is 2.00 bits per heavy atom.